The number of pyridine rings is 1. The Kier molecular flexibility index (Phi) is 5.36. The van der Waals surface area contributed by atoms with Crippen LogP contribution in [0.15, 0.2) is 36.5 Å². The lowest BCUT2D eigenvalue weighted by Gasteiger charge is -2.26. The van der Waals surface area contributed by atoms with Crippen LogP contribution in [0.4, 0.5) is 24.5 Å². The van der Waals surface area contributed by atoms with Crippen LogP contribution in [0.3, 0.4) is 0 Å². The molecule has 1 fully saturated rings. The number of likely N-dealkylation sites (tertiary alicyclic amines) is 1. The second kappa shape index (κ2) is 7.53. The number of anilines is 2. The topological polar surface area (TPSA) is 45.2 Å². The van der Waals surface area contributed by atoms with Crippen LogP contribution < -0.4 is 5.32 Å². The van der Waals surface area contributed by atoms with E-state index in [-0.39, 0.29) is 22.3 Å². The molecule has 0 aliphatic carbocycles. The molecule has 0 unspecified atom stereocenters. The first-order valence-electron chi connectivity index (χ1n) is 8.24. The van der Waals surface area contributed by atoms with Crippen molar-refractivity contribution in [3.63, 3.8) is 0 Å². The number of amides is 1. The molecule has 26 heavy (non-hydrogen) atoms. The molecule has 1 aromatic carbocycles. The van der Waals surface area contributed by atoms with E-state index in [1.54, 1.807) is 4.90 Å². The van der Waals surface area contributed by atoms with Gasteiger partial charge in [0.2, 0.25) is 0 Å². The molecule has 138 valence electrons. The summed E-state index contributed by atoms with van der Waals surface area (Å²) in [5.74, 6) is -0.208. The molecule has 1 amide bonds. The maximum atomic E-state index is 13.2. The molecule has 8 heteroatoms. The van der Waals surface area contributed by atoms with Gasteiger partial charge in [-0.05, 0) is 49.6 Å². The van der Waals surface area contributed by atoms with E-state index >= 15 is 0 Å². The van der Waals surface area contributed by atoms with Crippen LogP contribution >= 0.6 is 11.6 Å². The van der Waals surface area contributed by atoms with Gasteiger partial charge in [0.15, 0.2) is 0 Å². The lowest BCUT2D eigenvalue weighted by Crippen LogP contribution is -2.36. The van der Waals surface area contributed by atoms with Crippen molar-refractivity contribution in [1.82, 2.24) is 9.88 Å². The van der Waals surface area contributed by atoms with Gasteiger partial charge in [-0.3, -0.25) is 9.78 Å². The molecule has 3 rings (SSSR count). The Balaban J connectivity index is 1.84. The molecule has 1 saturated heterocycles. The van der Waals surface area contributed by atoms with E-state index in [0.29, 0.717) is 18.8 Å². The summed E-state index contributed by atoms with van der Waals surface area (Å²) in [6.45, 7) is 1.35. The molecule has 0 saturated carbocycles. The van der Waals surface area contributed by atoms with Crippen molar-refractivity contribution in [2.75, 3.05) is 18.4 Å². The average Bonchev–Trinajstić information content (AvgIpc) is 2.63. The van der Waals surface area contributed by atoms with E-state index in [4.69, 9.17) is 11.6 Å². The molecule has 1 aliphatic heterocycles. The monoisotopic (exact) mass is 383 g/mol. The fourth-order valence-electron chi connectivity index (χ4n) is 2.90. The van der Waals surface area contributed by atoms with Gasteiger partial charge < -0.3 is 10.2 Å². The summed E-state index contributed by atoms with van der Waals surface area (Å²) in [4.78, 5) is 18.3. The standard InChI is InChI=1S/C18H17ClF3N3O/c19-12-4-5-15(14(10-12)18(20,21)22)24-13-6-7-23-16(11-13)17(26)25-8-2-1-3-9-25/h4-7,10-11H,1-3,8-9H2,(H,23,24). The normalized spacial score (nSPS) is 15.0. The Morgan fingerprint density at radius 1 is 1.12 bits per heavy atom. The number of piperidine rings is 1. The summed E-state index contributed by atoms with van der Waals surface area (Å²) in [5.41, 5.74) is -0.442. The smallest absolute Gasteiger partial charge is 0.355 e. The first-order chi connectivity index (χ1) is 12.3. The number of hydrogen-bond acceptors (Lipinski definition) is 3. The van der Waals surface area contributed by atoms with E-state index < -0.39 is 11.7 Å². The molecular weight excluding hydrogens is 367 g/mol. The van der Waals surface area contributed by atoms with Gasteiger partial charge in [-0.25, -0.2) is 0 Å². The minimum Gasteiger partial charge on any atom is -0.355 e. The van der Waals surface area contributed by atoms with Crippen molar-refractivity contribution in [3.8, 4) is 0 Å². The highest BCUT2D eigenvalue weighted by Gasteiger charge is 2.34. The van der Waals surface area contributed by atoms with Crippen LogP contribution in [-0.2, 0) is 6.18 Å². The number of halogens is 4. The van der Waals surface area contributed by atoms with Crippen molar-refractivity contribution in [3.05, 3.63) is 52.8 Å². The van der Waals surface area contributed by atoms with Crippen LogP contribution in [0.25, 0.3) is 0 Å². The predicted molar refractivity (Wildman–Crippen MR) is 93.7 cm³/mol. The van der Waals surface area contributed by atoms with E-state index in [9.17, 15) is 18.0 Å². The number of alkyl halides is 3. The number of carbonyl (C=O) groups excluding carboxylic acids is 1. The third-order valence-electron chi connectivity index (χ3n) is 4.19. The van der Waals surface area contributed by atoms with Gasteiger partial charge in [-0.1, -0.05) is 11.6 Å². The molecule has 0 atom stereocenters. The molecule has 1 aromatic heterocycles. The highest BCUT2D eigenvalue weighted by Crippen LogP contribution is 2.37. The number of hydrogen-bond donors (Lipinski definition) is 1. The maximum absolute atomic E-state index is 13.2. The lowest BCUT2D eigenvalue weighted by molar-refractivity contribution is -0.136. The quantitative estimate of drug-likeness (QED) is 0.799. The van der Waals surface area contributed by atoms with Gasteiger partial charge in [0, 0.05) is 30.0 Å². The molecule has 2 aromatic rings. The van der Waals surface area contributed by atoms with Gasteiger partial charge in [0.25, 0.3) is 5.91 Å². The minimum atomic E-state index is -4.55. The molecule has 2 heterocycles. The van der Waals surface area contributed by atoms with Gasteiger partial charge in [0.1, 0.15) is 5.69 Å². The van der Waals surface area contributed by atoms with Crippen molar-refractivity contribution in [1.29, 1.82) is 0 Å². The maximum Gasteiger partial charge on any atom is 0.418 e. The SMILES string of the molecule is O=C(c1cc(Nc2ccc(Cl)cc2C(F)(F)F)ccn1)N1CCCCC1. The van der Waals surface area contributed by atoms with Crippen LogP contribution in [0.1, 0.15) is 35.3 Å². The van der Waals surface area contributed by atoms with E-state index in [2.05, 4.69) is 10.3 Å². The first kappa shape index (κ1) is 18.5. The Hall–Kier alpha value is -2.28. The molecule has 0 radical (unpaired) electrons. The number of nitrogens with zero attached hydrogens (tertiary/aromatic N) is 2. The molecule has 0 bridgehead atoms. The third-order valence-corrected chi connectivity index (χ3v) is 4.42. The average molecular weight is 384 g/mol. The summed E-state index contributed by atoms with van der Waals surface area (Å²) in [6, 6.07) is 6.48. The summed E-state index contributed by atoms with van der Waals surface area (Å²) < 4.78 is 39.6. The molecule has 1 N–H and O–H groups in total. The fourth-order valence-corrected chi connectivity index (χ4v) is 3.07. The number of aromatic nitrogens is 1. The van der Waals surface area contributed by atoms with Gasteiger partial charge in [0.05, 0.1) is 11.3 Å². The Bertz CT molecular complexity index is 805. The van der Waals surface area contributed by atoms with Crippen LogP contribution in [0.2, 0.25) is 5.02 Å². The first-order valence-corrected chi connectivity index (χ1v) is 8.61. The van der Waals surface area contributed by atoms with Gasteiger partial charge in [-0.2, -0.15) is 13.2 Å². The Morgan fingerprint density at radius 2 is 1.85 bits per heavy atom. The van der Waals surface area contributed by atoms with E-state index in [1.807, 2.05) is 0 Å². The second-order valence-corrected chi connectivity index (χ2v) is 6.53. The zero-order chi connectivity index (χ0) is 18.7. The van der Waals surface area contributed by atoms with E-state index in [1.165, 1.54) is 30.5 Å². The van der Waals surface area contributed by atoms with Crippen molar-refractivity contribution < 1.29 is 18.0 Å². The fraction of sp³-hybridized carbons (Fsp3) is 0.333. The third kappa shape index (κ3) is 4.27. The molecule has 4 nitrogen and oxygen atoms in total. The number of carbonyl (C=O) groups is 1. The largest absolute Gasteiger partial charge is 0.418 e. The summed E-state index contributed by atoms with van der Waals surface area (Å²) in [7, 11) is 0. The Labute approximate surface area is 154 Å². The van der Waals surface area contributed by atoms with Crippen LogP contribution in [-0.4, -0.2) is 28.9 Å². The zero-order valence-electron chi connectivity index (χ0n) is 13.8. The summed E-state index contributed by atoms with van der Waals surface area (Å²) in [5, 5.41) is 2.71. The van der Waals surface area contributed by atoms with Gasteiger partial charge in [-0.15, -0.1) is 0 Å². The summed E-state index contributed by atoms with van der Waals surface area (Å²) in [6.07, 6.45) is -0.155. The highest BCUT2D eigenvalue weighted by atomic mass is 35.5. The molecule has 0 spiro atoms. The molecular formula is C18H17ClF3N3O. The van der Waals surface area contributed by atoms with Crippen molar-refractivity contribution >= 4 is 28.9 Å². The summed E-state index contributed by atoms with van der Waals surface area (Å²) >= 11 is 5.69. The zero-order valence-corrected chi connectivity index (χ0v) is 14.6. The van der Waals surface area contributed by atoms with Crippen molar-refractivity contribution in [2.45, 2.75) is 25.4 Å². The molecule has 1 aliphatic rings. The highest BCUT2D eigenvalue weighted by molar-refractivity contribution is 6.30. The number of rotatable bonds is 3. The van der Waals surface area contributed by atoms with E-state index in [0.717, 1.165) is 25.3 Å². The van der Waals surface area contributed by atoms with Crippen LogP contribution in [0.5, 0.6) is 0 Å². The van der Waals surface area contributed by atoms with Gasteiger partial charge >= 0.3 is 6.18 Å². The number of benzene rings is 1. The lowest BCUT2D eigenvalue weighted by atomic mass is 10.1. The van der Waals surface area contributed by atoms with Crippen LogP contribution in [0, 0.1) is 0 Å². The predicted octanol–water partition coefficient (Wildman–Crippen LogP) is 5.12. The second-order valence-electron chi connectivity index (χ2n) is 6.10. The number of nitrogens with one attached hydrogen (secondary N) is 1. The Morgan fingerprint density at radius 3 is 2.54 bits per heavy atom. The minimum absolute atomic E-state index is 0.00133. The van der Waals surface area contributed by atoms with Crippen molar-refractivity contribution in [2.24, 2.45) is 0 Å².